The summed E-state index contributed by atoms with van der Waals surface area (Å²) in [6.45, 7) is -1.97. The molecule has 0 amide bonds. The third kappa shape index (κ3) is 6.84. The Hall–Kier alpha value is -0.710. The van der Waals surface area contributed by atoms with E-state index in [1.807, 2.05) is 0 Å². The SMILES string of the molecule is O=C(SC(=O)[C@H](O)[C@@H](O)[C@@H](O)[C@H](O)CO)[C@H](O)[C@@H](O)[C@@H](O)[C@H](O)CO. The number of carbonyl (C=O) groups excluding carboxylic acids is 2. The molecular formula is C12H22O12S. The van der Waals surface area contributed by atoms with E-state index in [1.54, 1.807) is 0 Å². The second kappa shape index (κ2) is 11.1. The fourth-order valence-corrected chi connectivity index (χ4v) is 2.26. The monoisotopic (exact) mass is 390 g/mol. The summed E-state index contributed by atoms with van der Waals surface area (Å²) in [4.78, 5) is 23.3. The lowest BCUT2D eigenvalue weighted by atomic mass is 10.0. The fourth-order valence-electron chi connectivity index (χ4n) is 1.54. The van der Waals surface area contributed by atoms with Crippen molar-refractivity contribution in [2.24, 2.45) is 0 Å². The summed E-state index contributed by atoms with van der Waals surface area (Å²) >= 11 is -0.362. The van der Waals surface area contributed by atoms with Gasteiger partial charge in [0.25, 0.3) is 0 Å². The van der Waals surface area contributed by atoms with Gasteiger partial charge in [0.05, 0.1) is 13.2 Å². The molecule has 0 spiro atoms. The zero-order valence-electron chi connectivity index (χ0n) is 12.7. The van der Waals surface area contributed by atoms with Gasteiger partial charge in [-0.25, -0.2) is 0 Å². The Kier molecular flexibility index (Phi) is 10.8. The quantitative estimate of drug-likeness (QED) is 0.167. The Bertz CT molecular complexity index is 396. The standard InChI is InChI=1S/C12H22O12S/c13-1-3(15)5(17)7(19)9(21)11(23)25-12(24)10(22)8(20)6(18)4(16)2-14/h3-10,13-22H,1-2H2/t3-,4-,5+,6+,7+,8+,9-,10-/m1/s1. The van der Waals surface area contributed by atoms with Crippen molar-refractivity contribution in [1.29, 1.82) is 0 Å². The lowest BCUT2D eigenvalue weighted by Gasteiger charge is -2.26. The first-order chi connectivity index (χ1) is 11.5. The highest BCUT2D eigenvalue weighted by atomic mass is 32.2. The first kappa shape index (κ1) is 24.3. The van der Waals surface area contributed by atoms with E-state index in [0.717, 1.165) is 0 Å². The minimum absolute atomic E-state index is 0.362. The van der Waals surface area contributed by atoms with Gasteiger partial charge in [-0.1, -0.05) is 0 Å². The maximum Gasteiger partial charge on any atom is 0.227 e. The fraction of sp³-hybridized carbons (Fsp3) is 0.833. The van der Waals surface area contributed by atoms with Crippen LogP contribution in [0.1, 0.15) is 0 Å². The number of rotatable bonds is 10. The van der Waals surface area contributed by atoms with Crippen molar-refractivity contribution >= 4 is 22.0 Å². The topological polar surface area (TPSA) is 236 Å². The van der Waals surface area contributed by atoms with Crippen molar-refractivity contribution in [1.82, 2.24) is 0 Å². The van der Waals surface area contributed by atoms with Crippen molar-refractivity contribution in [3.05, 3.63) is 0 Å². The number of carbonyl (C=O) groups is 2. The summed E-state index contributed by atoms with van der Waals surface area (Å²) in [7, 11) is 0. The maximum atomic E-state index is 11.6. The highest BCUT2D eigenvalue weighted by Crippen LogP contribution is 2.18. The van der Waals surface area contributed by atoms with Crippen LogP contribution in [0.3, 0.4) is 0 Å². The summed E-state index contributed by atoms with van der Waals surface area (Å²) in [5.74, 6) is 0. The van der Waals surface area contributed by atoms with Crippen molar-refractivity contribution < 1.29 is 60.7 Å². The van der Waals surface area contributed by atoms with Gasteiger partial charge in [-0.05, 0) is 11.8 Å². The zero-order valence-corrected chi connectivity index (χ0v) is 13.5. The van der Waals surface area contributed by atoms with E-state index in [9.17, 15) is 40.2 Å². The number of hydrogen-bond donors (Lipinski definition) is 10. The molecule has 0 aliphatic heterocycles. The van der Waals surface area contributed by atoms with Crippen molar-refractivity contribution in [2.45, 2.75) is 48.8 Å². The smallest absolute Gasteiger partial charge is 0.227 e. The Balaban J connectivity index is 4.80. The molecule has 148 valence electrons. The van der Waals surface area contributed by atoms with Gasteiger partial charge in [0.1, 0.15) is 36.6 Å². The van der Waals surface area contributed by atoms with E-state index in [-0.39, 0.29) is 11.8 Å². The molecule has 0 rings (SSSR count). The normalized spacial score (nSPS) is 21.5. The van der Waals surface area contributed by atoms with Crippen molar-refractivity contribution in [2.75, 3.05) is 13.2 Å². The molecule has 25 heavy (non-hydrogen) atoms. The third-order valence-electron chi connectivity index (χ3n) is 3.19. The molecule has 12 nitrogen and oxygen atoms in total. The molecule has 8 atom stereocenters. The van der Waals surface area contributed by atoms with Gasteiger partial charge in [-0.3, -0.25) is 9.59 Å². The summed E-state index contributed by atoms with van der Waals surface area (Å²) in [6.07, 6.45) is -17.3. The first-order valence-electron chi connectivity index (χ1n) is 6.91. The molecular weight excluding hydrogens is 368 g/mol. The molecule has 0 aliphatic rings. The van der Waals surface area contributed by atoms with Crippen LogP contribution in [0.4, 0.5) is 0 Å². The molecule has 0 fully saturated rings. The second-order valence-corrected chi connectivity index (χ2v) is 6.10. The molecule has 0 saturated carbocycles. The number of aliphatic hydroxyl groups excluding tert-OH is 10. The zero-order chi connectivity index (χ0) is 19.9. The van der Waals surface area contributed by atoms with Gasteiger partial charge >= 0.3 is 0 Å². The molecule has 0 heterocycles. The van der Waals surface area contributed by atoms with Gasteiger partial charge in [0, 0.05) is 0 Å². The van der Waals surface area contributed by atoms with Crippen LogP contribution in [0.25, 0.3) is 0 Å². The largest absolute Gasteiger partial charge is 0.394 e. The van der Waals surface area contributed by atoms with Crippen LogP contribution in [0.5, 0.6) is 0 Å². The maximum absolute atomic E-state index is 11.6. The first-order valence-corrected chi connectivity index (χ1v) is 7.72. The molecule has 0 radical (unpaired) electrons. The third-order valence-corrected chi connectivity index (χ3v) is 4.08. The van der Waals surface area contributed by atoms with E-state index in [1.165, 1.54) is 0 Å². The number of thioether (sulfide) groups is 1. The van der Waals surface area contributed by atoms with Crippen LogP contribution in [0, 0.1) is 0 Å². The Morgan fingerprint density at radius 3 is 1.12 bits per heavy atom. The van der Waals surface area contributed by atoms with E-state index in [0.29, 0.717) is 0 Å². The average molecular weight is 390 g/mol. The molecule has 0 bridgehead atoms. The highest BCUT2D eigenvalue weighted by Gasteiger charge is 2.39. The Morgan fingerprint density at radius 2 is 0.880 bits per heavy atom. The molecule has 13 heteroatoms. The van der Waals surface area contributed by atoms with Gasteiger partial charge in [0.2, 0.25) is 10.2 Å². The van der Waals surface area contributed by atoms with Gasteiger partial charge in [-0.15, -0.1) is 0 Å². The van der Waals surface area contributed by atoms with Crippen molar-refractivity contribution in [3.8, 4) is 0 Å². The number of hydrogen-bond acceptors (Lipinski definition) is 13. The minimum Gasteiger partial charge on any atom is -0.394 e. The molecule has 0 unspecified atom stereocenters. The molecule has 0 aromatic heterocycles. The predicted octanol–water partition coefficient (Wildman–Crippen LogP) is -6.36. The highest BCUT2D eigenvalue weighted by molar-refractivity contribution is 8.26. The molecule has 10 N–H and O–H groups in total. The van der Waals surface area contributed by atoms with Crippen LogP contribution in [0.2, 0.25) is 0 Å². The molecule has 0 aromatic rings. The molecule has 0 aromatic carbocycles. The van der Waals surface area contributed by atoms with Crippen LogP contribution in [0.15, 0.2) is 0 Å². The number of aliphatic hydroxyl groups is 10. The molecule has 0 saturated heterocycles. The van der Waals surface area contributed by atoms with E-state index in [4.69, 9.17) is 20.4 Å². The summed E-state index contributed by atoms with van der Waals surface area (Å²) < 4.78 is 0. The lowest BCUT2D eigenvalue weighted by molar-refractivity contribution is -0.141. The van der Waals surface area contributed by atoms with Crippen molar-refractivity contribution in [3.63, 3.8) is 0 Å². The van der Waals surface area contributed by atoms with Crippen LogP contribution < -0.4 is 0 Å². The van der Waals surface area contributed by atoms with Gasteiger partial charge in [0.15, 0.2) is 12.2 Å². The van der Waals surface area contributed by atoms with E-state index >= 15 is 0 Å². The van der Waals surface area contributed by atoms with E-state index < -0.39 is 72.3 Å². The van der Waals surface area contributed by atoms with Gasteiger partial charge in [-0.2, -0.15) is 0 Å². The van der Waals surface area contributed by atoms with Gasteiger partial charge < -0.3 is 51.1 Å². The lowest BCUT2D eigenvalue weighted by Crippen LogP contribution is -2.50. The summed E-state index contributed by atoms with van der Waals surface area (Å²) in [5, 5.41) is 89.2. The van der Waals surface area contributed by atoms with E-state index in [2.05, 4.69) is 0 Å². The minimum atomic E-state index is -2.39. The Labute approximate surface area is 145 Å². The van der Waals surface area contributed by atoms with Crippen LogP contribution in [-0.2, 0) is 9.59 Å². The summed E-state index contributed by atoms with van der Waals surface area (Å²) in [6, 6.07) is 0. The van der Waals surface area contributed by atoms with Crippen LogP contribution in [-0.4, -0.2) is 123 Å². The Morgan fingerprint density at radius 1 is 0.600 bits per heavy atom. The average Bonchev–Trinajstić information content (AvgIpc) is 2.62. The summed E-state index contributed by atoms with van der Waals surface area (Å²) in [5.41, 5.74) is 0. The predicted molar refractivity (Wildman–Crippen MR) is 79.8 cm³/mol. The second-order valence-electron chi connectivity index (χ2n) is 5.09. The van der Waals surface area contributed by atoms with Crippen LogP contribution >= 0.6 is 11.8 Å². The molecule has 0 aliphatic carbocycles.